The standard InChI is InChI=1S/C2H5N.Zn/c1-2-3;/h2-3H,1H3;. The van der Waals surface area contributed by atoms with E-state index in [9.17, 15) is 0 Å². The molecule has 1 nitrogen and oxygen atoms in total. The third-order valence-electron chi connectivity index (χ3n) is 0. The molecule has 0 saturated carbocycles. The van der Waals surface area contributed by atoms with Crippen molar-refractivity contribution >= 4 is 6.21 Å². The zero-order valence-corrected chi connectivity index (χ0v) is 5.75. The molecular formula is C2H5NZn. The van der Waals surface area contributed by atoms with Crippen LogP contribution in [-0.2, 0) is 19.5 Å². The van der Waals surface area contributed by atoms with E-state index in [-0.39, 0.29) is 19.5 Å². The molecule has 0 spiro atoms. The van der Waals surface area contributed by atoms with Crippen molar-refractivity contribution in [3.63, 3.8) is 0 Å². The molecular weight excluding hydrogens is 103 g/mol. The van der Waals surface area contributed by atoms with E-state index >= 15 is 0 Å². The van der Waals surface area contributed by atoms with Crippen molar-refractivity contribution in [3.8, 4) is 0 Å². The van der Waals surface area contributed by atoms with E-state index in [1.54, 1.807) is 6.92 Å². The molecule has 0 aliphatic carbocycles. The first-order valence-electron chi connectivity index (χ1n) is 0.866. The Morgan fingerprint density at radius 3 is 1.75 bits per heavy atom. The van der Waals surface area contributed by atoms with E-state index in [1.807, 2.05) is 0 Å². The van der Waals surface area contributed by atoms with E-state index in [1.165, 1.54) is 6.21 Å². The number of hydrogen-bond acceptors (Lipinski definition) is 1. The van der Waals surface area contributed by atoms with Gasteiger partial charge in [0.15, 0.2) is 0 Å². The van der Waals surface area contributed by atoms with Gasteiger partial charge in [-0.25, -0.2) is 0 Å². The minimum Gasteiger partial charge on any atom is -0.313 e. The molecule has 0 saturated heterocycles. The average molecular weight is 108 g/mol. The van der Waals surface area contributed by atoms with Crippen LogP contribution in [0.1, 0.15) is 6.92 Å². The SMILES string of the molecule is CC=N.[Zn]. The molecule has 0 aromatic carbocycles. The van der Waals surface area contributed by atoms with Crippen molar-refractivity contribution in [2.45, 2.75) is 6.92 Å². The van der Waals surface area contributed by atoms with Crippen molar-refractivity contribution in [2.24, 2.45) is 0 Å². The maximum atomic E-state index is 6.08. The molecule has 0 radical (unpaired) electrons. The molecule has 0 aromatic heterocycles. The molecule has 4 heavy (non-hydrogen) atoms. The molecule has 2 heteroatoms. The first-order valence-corrected chi connectivity index (χ1v) is 0.866. The molecule has 0 fully saturated rings. The van der Waals surface area contributed by atoms with Crippen LogP contribution in [0.3, 0.4) is 0 Å². The normalized spacial score (nSPS) is 3.25. The first kappa shape index (κ1) is 8.85. The number of nitrogens with one attached hydrogen (secondary N) is 1. The maximum absolute atomic E-state index is 6.08. The van der Waals surface area contributed by atoms with Crippen LogP contribution in [-0.4, -0.2) is 6.21 Å². The van der Waals surface area contributed by atoms with E-state index in [0.29, 0.717) is 0 Å². The van der Waals surface area contributed by atoms with E-state index < -0.39 is 0 Å². The Bertz CT molecular complexity index is 13.5. The van der Waals surface area contributed by atoms with Crippen LogP contribution in [0.4, 0.5) is 0 Å². The van der Waals surface area contributed by atoms with Gasteiger partial charge < -0.3 is 5.41 Å². The summed E-state index contributed by atoms with van der Waals surface area (Å²) in [5, 5.41) is 6.08. The van der Waals surface area contributed by atoms with Crippen LogP contribution in [0, 0.1) is 5.41 Å². The van der Waals surface area contributed by atoms with Crippen LogP contribution in [0.15, 0.2) is 0 Å². The quantitative estimate of drug-likeness (QED) is 0.348. The van der Waals surface area contributed by atoms with Crippen LogP contribution >= 0.6 is 0 Å². The summed E-state index contributed by atoms with van der Waals surface area (Å²) in [5.74, 6) is 0. The summed E-state index contributed by atoms with van der Waals surface area (Å²) in [7, 11) is 0. The zero-order chi connectivity index (χ0) is 2.71. The Balaban J connectivity index is 0. The van der Waals surface area contributed by atoms with E-state index in [4.69, 9.17) is 5.41 Å². The maximum Gasteiger partial charge on any atom is 0 e. The fourth-order valence-electron chi connectivity index (χ4n) is 0. The molecule has 0 rings (SSSR count). The molecule has 0 aliphatic rings. The Hall–Kier alpha value is 0.293. The molecule has 20 valence electrons. The van der Waals surface area contributed by atoms with Gasteiger partial charge in [0.05, 0.1) is 0 Å². The summed E-state index contributed by atoms with van der Waals surface area (Å²) in [6.07, 6.45) is 1.25. The Morgan fingerprint density at radius 2 is 1.75 bits per heavy atom. The molecule has 1 N–H and O–H groups in total. The fourth-order valence-corrected chi connectivity index (χ4v) is 0. The fraction of sp³-hybridized carbons (Fsp3) is 0.500. The molecule has 0 heterocycles. The minimum absolute atomic E-state index is 0. The summed E-state index contributed by atoms with van der Waals surface area (Å²) in [5.41, 5.74) is 0. The summed E-state index contributed by atoms with van der Waals surface area (Å²) >= 11 is 0. The summed E-state index contributed by atoms with van der Waals surface area (Å²) in [6.45, 7) is 1.67. The molecule has 0 atom stereocenters. The molecule has 0 unspecified atom stereocenters. The summed E-state index contributed by atoms with van der Waals surface area (Å²) in [6, 6.07) is 0. The average Bonchev–Trinajstić information content (AvgIpc) is 0.918. The second kappa shape index (κ2) is 10.4. The van der Waals surface area contributed by atoms with E-state index in [2.05, 4.69) is 0 Å². The topological polar surface area (TPSA) is 23.9 Å². The van der Waals surface area contributed by atoms with Crippen LogP contribution in [0.25, 0.3) is 0 Å². The van der Waals surface area contributed by atoms with Crippen molar-refractivity contribution in [1.29, 1.82) is 5.41 Å². The summed E-state index contributed by atoms with van der Waals surface area (Å²) < 4.78 is 0. The predicted octanol–water partition coefficient (Wildman–Crippen LogP) is 0.653. The Labute approximate surface area is 38.7 Å². The Kier molecular flexibility index (Phi) is 22.9. The summed E-state index contributed by atoms with van der Waals surface area (Å²) in [4.78, 5) is 0. The van der Waals surface area contributed by atoms with Crippen molar-refractivity contribution in [1.82, 2.24) is 0 Å². The largest absolute Gasteiger partial charge is 0.313 e. The minimum atomic E-state index is 0. The monoisotopic (exact) mass is 107 g/mol. The molecule has 0 amide bonds. The van der Waals surface area contributed by atoms with Crippen LogP contribution < -0.4 is 0 Å². The van der Waals surface area contributed by atoms with Gasteiger partial charge in [-0.05, 0) is 13.1 Å². The van der Waals surface area contributed by atoms with Gasteiger partial charge in [-0.15, -0.1) is 0 Å². The Morgan fingerprint density at radius 1 is 1.75 bits per heavy atom. The van der Waals surface area contributed by atoms with Gasteiger partial charge in [0.1, 0.15) is 0 Å². The number of hydrogen-bond donors (Lipinski definition) is 1. The van der Waals surface area contributed by atoms with Crippen LogP contribution in [0.5, 0.6) is 0 Å². The predicted molar refractivity (Wildman–Crippen MR) is 14.5 cm³/mol. The van der Waals surface area contributed by atoms with Gasteiger partial charge >= 0.3 is 0 Å². The third-order valence-corrected chi connectivity index (χ3v) is 0. The van der Waals surface area contributed by atoms with Gasteiger partial charge in [0.25, 0.3) is 0 Å². The smallest absolute Gasteiger partial charge is 0 e. The second-order valence-electron chi connectivity index (χ2n) is 0.289. The van der Waals surface area contributed by atoms with Crippen molar-refractivity contribution in [3.05, 3.63) is 0 Å². The van der Waals surface area contributed by atoms with E-state index in [0.717, 1.165) is 0 Å². The van der Waals surface area contributed by atoms with Gasteiger partial charge in [0.2, 0.25) is 0 Å². The van der Waals surface area contributed by atoms with Gasteiger partial charge in [-0.3, -0.25) is 0 Å². The van der Waals surface area contributed by atoms with Gasteiger partial charge in [-0.1, -0.05) is 0 Å². The third kappa shape index (κ3) is 44.6. The number of rotatable bonds is 0. The van der Waals surface area contributed by atoms with Gasteiger partial charge in [-0.2, -0.15) is 0 Å². The van der Waals surface area contributed by atoms with Gasteiger partial charge in [0, 0.05) is 19.5 Å². The molecule has 0 aromatic rings. The van der Waals surface area contributed by atoms with Crippen molar-refractivity contribution < 1.29 is 19.5 Å². The van der Waals surface area contributed by atoms with Crippen LogP contribution in [0.2, 0.25) is 0 Å². The molecule has 0 bridgehead atoms. The molecule has 0 aliphatic heterocycles. The zero-order valence-electron chi connectivity index (χ0n) is 2.78. The first-order chi connectivity index (χ1) is 1.41. The van der Waals surface area contributed by atoms with Crippen molar-refractivity contribution in [2.75, 3.05) is 0 Å². The second-order valence-corrected chi connectivity index (χ2v) is 0.289.